The molecule has 1 unspecified atom stereocenters. The SMILES string of the molecule is CC(OCCN)S(=O)(=O)[O-].[Na+]. The van der Waals surface area contributed by atoms with Gasteiger partial charge in [-0.3, -0.25) is 0 Å². The molecule has 0 rings (SSSR count). The van der Waals surface area contributed by atoms with Gasteiger partial charge in [0.15, 0.2) is 0 Å². The van der Waals surface area contributed by atoms with E-state index in [-0.39, 0.29) is 42.7 Å². The summed E-state index contributed by atoms with van der Waals surface area (Å²) < 4.78 is 34.9. The number of ether oxygens (including phenoxy) is 1. The van der Waals surface area contributed by atoms with Gasteiger partial charge in [-0.25, -0.2) is 8.42 Å². The Morgan fingerprint density at radius 3 is 2.36 bits per heavy atom. The number of hydrogen-bond acceptors (Lipinski definition) is 5. The van der Waals surface area contributed by atoms with E-state index >= 15 is 0 Å². The van der Waals surface area contributed by atoms with Crippen molar-refractivity contribution in [3.05, 3.63) is 0 Å². The molecule has 11 heavy (non-hydrogen) atoms. The maximum absolute atomic E-state index is 10.1. The maximum Gasteiger partial charge on any atom is 1.00 e. The van der Waals surface area contributed by atoms with Gasteiger partial charge >= 0.3 is 29.6 Å². The van der Waals surface area contributed by atoms with Crippen LogP contribution in [0.5, 0.6) is 0 Å². The zero-order chi connectivity index (χ0) is 8.20. The van der Waals surface area contributed by atoms with Crippen LogP contribution in [0.25, 0.3) is 0 Å². The van der Waals surface area contributed by atoms with E-state index in [1.54, 1.807) is 0 Å². The molecule has 0 amide bonds. The van der Waals surface area contributed by atoms with Crippen LogP contribution >= 0.6 is 0 Å². The Hall–Kier alpha value is 0.830. The number of nitrogens with two attached hydrogens (primary N) is 1. The summed E-state index contributed by atoms with van der Waals surface area (Å²) in [7, 11) is -4.30. The van der Waals surface area contributed by atoms with E-state index in [9.17, 15) is 13.0 Å². The first-order valence-corrected chi connectivity index (χ1v) is 4.22. The Morgan fingerprint density at radius 1 is 1.64 bits per heavy atom. The molecule has 7 heteroatoms. The topological polar surface area (TPSA) is 92.5 Å². The van der Waals surface area contributed by atoms with Crippen LogP contribution in [0.15, 0.2) is 0 Å². The largest absolute Gasteiger partial charge is 1.00 e. The normalized spacial score (nSPS) is 13.7. The first-order chi connectivity index (χ1) is 4.48. The molecule has 2 N–H and O–H groups in total. The van der Waals surface area contributed by atoms with Gasteiger partial charge in [0.2, 0.25) is 0 Å². The Kier molecular flexibility index (Phi) is 8.30. The molecular formula is C4H10NNaO4S. The maximum atomic E-state index is 10.1. The summed E-state index contributed by atoms with van der Waals surface area (Å²) in [5.41, 5.74) is 3.70. The number of rotatable bonds is 4. The van der Waals surface area contributed by atoms with E-state index in [0.29, 0.717) is 0 Å². The summed E-state index contributed by atoms with van der Waals surface area (Å²) in [5, 5.41) is 0. The van der Waals surface area contributed by atoms with Gasteiger partial charge in [-0.05, 0) is 6.92 Å². The van der Waals surface area contributed by atoms with Crippen LogP contribution in [0.4, 0.5) is 0 Å². The fourth-order valence-corrected chi connectivity index (χ4v) is 0.580. The van der Waals surface area contributed by atoms with Gasteiger partial charge in [-0.1, -0.05) is 0 Å². The summed E-state index contributed by atoms with van der Waals surface area (Å²) in [6.07, 6.45) is 0. The average molecular weight is 191 g/mol. The van der Waals surface area contributed by atoms with Crippen molar-refractivity contribution < 1.29 is 47.3 Å². The molecule has 0 bridgehead atoms. The Morgan fingerprint density at radius 2 is 2.09 bits per heavy atom. The molecule has 0 aromatic rings. The molecule has 0 aliphatic rings. The molecule has 0 saturated carbocycles. The first-order valence-electron chi connectivity index (χ1n) is 2.75. The van der Waals surface area contributed by atoms with Gasteiger partial charge in [0, 0.05) is 6.54 Å². The Labute approximate surface area is 88.3 Å². The van der Waals surface area contributed by atoms with Crippen LogP contribution in [0.3, 0.4) is 0 Å². The van der Waals surface area contributed by atoms with Gasteiger partial charge in [-0.2, -0.15) is 0 Å². The van der Waals surface area contributed by atoms with Gasteiger partial charge in [0.1, 0.15) is 15.6 Å². The molecule has 0 spiro atoms. The fraction of sp³-hybridized carbons (Fsp3) is 1.00. The van der Waals surface area contributed by atoms with E-state index in [4.69, 9.17) is 5.73 Å². The summed E-state index contributed by atoms with van der Waals surface area (Å²) in [6, 6.07) is 0. The van der Waals surface area contributed by atoms with Crippen molar-refractivity contribution in [3.63, 3.8) is 0 Å². The predicted octanol–water partition coefficient (Wildman–Crippen LogP) is -4.14. The third-order valence-corrected chi connectivity index (χ3v) is 1.83. The zero-order valence-corrected chi connectivity index (χ0v) is 9.43. The molecule has 62 valence electrons. The van der Waals surface area contributed by atoms with Gasteiger partial charge in [0.05, 0.1) is 6.61 Å². The molecule has 0 saturated heterocycles. The van der Waals surface area contributed by atoms with Gasteiger partial charge in [-0.15, -0.1) is 0 Å². The second-order valence-electron chi connectivity index (χ2n) is 1.72. The zero-order valence-electron chi connectivity index (χ0n) is 6.61. The van der Waals surface area contributed by atoms with Crippen LogP contribution in [0, 0.1) is 0 Å². The molecule has 1 atom stereocenters. The standard InChI is InChI=1S/C4H11NO4S.Na/c1-4(9-3-2-5)10(6,7)8;/h4H,2-3,5H2,1H3,(H,6,7,8);/q;+1/p-1. The van der Waals surface area contributed by atoms with Gasteiger partial charge in [0.25, 0.3) is 0 Å². The van der Waals surface area contributed by atoms with E-state index in [2.05, 4.69) is 4.74 Å². The van der Waals surface area contributed by atoms with Crippen molar-refractivity contribution in [1.82, 2.24) is 0 Å². The minimum absolute atomic E-state index is 0. The van der Waals surface area contributed by atoms with Crippen molar-refractivity contribution in [1.29, 1.82) is 0 Å². The average Bonchev–Trinajstić information content (AvgIpc) is 1.80. The van der Waals surface area contributed by atoms with Crippen molar-refractivity contribution in [2.75, 3.05) is 13.2 Å². The third kappa shape index (κ3) is 7.20. The first kappa shape index (κ1) is 14.4. The van der Waals surface area contributed by atoms with Crippen molar-refractivity contribution >= 4 is 10.1 Å². The smallest absolute Gasteiger partial charge is 0.746 e. The molecule has 0 aliphatic carbocycles. The summed E-state index contributed by atoms with van der Waals surface area (Å²) in [4.78, 5) is 0. The number of hydrogen-bond donors (Lipinski definition) is 1. The summed E-state index contributed by atoms with van der Waals surface area (Å²) >= 11 is 0. The Balaban J connectivity index is 0. The second kappa shape index (κ2) is 6.36. The molecule has 5 nitrogen and oxygen atoms in total. The van der Waals surface area contributed by atoms with E-state index in [1.165, 1.54) is 6.92 Å². The molecule has 0 aromatic heterocycles. The second-order valence-corrected chi connectivity index (χ2v) is 3.37. The van der Waals surface area contributed by atoms with Crippen LogP contribution in [-0.2, 0) is 14.9 Å². The van der Waals surface area contributed by atoms with Crippen LogP contribution in [-0.4, -0.2) is 31.6 Å². The van der Waals surface area contributed by atoms with E-state index in [1.807, 2.05) is 0 Å². The molecule has 0 heterocycles. The summed E-state index contributed by atoms with van der Waals surface area (Å²) in [6.45, 7) is 1.47. The van der Waals surface area contributed by atoms with E-state index in [0.717, 1.165) is 0 Å². The minimum Gasteiger partial charge on any atom is -0.746 e. The van der Waals surface area contributed by atoms with Crippen LogP contribution in [0.2, 0.25) is 0 Å². The molecule has 0 fully saturated rings. The van der Waals surface area contributed by atoms with Crippen molar-refractivity contribution in [3.8, 4) is 0 Å². The minimum atomic E-state index is -4.30. The van der Waals surface area contributed by atoms with Crippen molar-refractivity contribution in [2.24, 2.45) is 5.73 Å². The monoisotopic (exact) mass is 191 g/mol. The van der Waals surface area contributed by atoms with Crippen LogP contribution in [0.1, 0.15) is 6.92 Å². The molecule has 0 aliphatic heterocycles. The molecular weight excluding hydrogens is 181 g/mol. The fourth-order valence-electron chi connectivity index (χ4n) is 0.317. The van der Waals surface area contributed by atoms with Crippen molar-refractivity contribution in [2.45, 2.75) is 12.4 Å². The third-order valence-electron chi connectivity index (χ3n) is 0.877. The summed E-state index contributed by atoms with van der Waals surface area (Å²) in [5.74, 6) is 0. The molecule has 0 radical (unpaired) electrons. The quantitative estimate of drug-likeness (QED) is 0.360. The van der Waals surface area contributed by atoms with Crippen LogP contribution < -0.4 is 35.3 Å². The molecule has 0 aromatic carbocycles. The predicted molar refractivity (Wildman–Crippen MR) is 34.2 cm³/mol. The van der Waals surface area contributed by atoms with E-state index < -0.39 is 15.6 Å². The Bertz CT molecular complexity index is 181. The van der Waals surface area contributed by atoms with Gasteiger partial charge < -0.3 is 15.0 Å².